The molecule has 1 aromatic heterocycles. The number of nitrogens with one attached hydrogen (secondary N) is 1. The van der Waals surface area contributed by atoms with Gasteiger partial charge in [-0.15, -0.1) is 0 Å². The van der Waals surface area contributed by atoms with Gasteiger partial charge in [0.05, 0.1) is 16.4 Å². The Kier molecular flexibility index (Phi) is 4.04. The van der Waals surface area contributed by atoms with Gasteiger partial charge in [-0.05, 0) is 28.8 Å². The van der Waals surface area contributed by atoms with Crippen LogP contribution in [0, 0.1) is 0 Å². The Labute approximate surface area is 144 Å². The van der Waals surface area contributed by atoms with E-state index in [1.807, 2.05) is 36.4 Å². The zero-order valence-corrected chi connectivity index (χ0v) is 13.7. The quantitative estimate of drug-likeness (QED) is 0.401. The summed E-state index contributed by atoms with van der Waals surface area (Å²) >= 11 is 1.60. The molecular weight excluding hydrogens is 314 g/mol. The van der Waals surface area contributed by atoms with E-state index in [0.717, 1.165) is 20.9 Å². The molecule has 0 fully saturated rings. The SMILES string of the molecule is C(=N\Nc1nc2ccccc2s1)/c1ccc(-c2ccccc2)cc1. The number of hydrogen-bond acceptors (Lipinski definition) is 4. The van der Waals surface area contributed by atoms with Crippen molar-refractivity contribution in [3.8, 4) is 11.1 Å². The molecule has 0 unspecified atom stereocenters. The van der Waals surface area contributed by atoms with Crippen LogP contribution >= 0.6 is 11.3 Å². The Morgan fingerprint density at radius 2 is 1.50 bits per heavy atom. The Bertz CT molecular complexity index is 940. The number of nitrogens with zero attached hydrogens (tertiary/aromatic N) is 2. The van der Waals surface area contributed by atoms with Crippen LogP contribution in [0.4, 0.5) is 5.13 Å². The molecule has 0 atom stereocenters. The summed E-state index contributed by atoms with van der Waals surface area (Å²) in [5.74, 6) is 0. The summed E-state index contributed by atoms with van der Waals surface area (Å²) in [6.45, 7) is 0. The highest BCUT2D eigenvalue weighted by Gasteiger charge is 2.01. The van der Waals surface area contributed by atoms with E-state index in [2.05, 4.69) is 58.0 Å². The molecule has 4 rings (SSSR count). The molecule has 24 heavy (non-hydrogen) atoms. The van der Waals surface area contributed by atoms with E-state index in [9.17, 15) is 0 Å². The summed E-state index contributed by atoms with van der Waals surface area (Å²) in [6, 6.07) is 26.7. The molecule has 1 N–H and O–H groups in total. The molecule has 4 heteroatoms. The van der Waals surface area contributed by atoms with Gasteiger partial charge in [-0.25, -0.2) is 4.98 Å². The summed E-state index contributed by atoms with van der Waals surface area (Å²) < 4.78 is 1.16. The predicted octanol–water partition coefficient (Wildman–Crippen LogP) is 5.41. The zero-order chi connectivity index (χ0) is 16.2. The Hall–Kier alpha value is -2.98. The summed E-state index contributed by atoms with van der Waals surface area (Å²) in [5.41, 5.74) is 7.46. The number of anilines is 1. The largest absolute Gasteiger partial charge is 0.253 e. The fourth-order valence-corrected chi connectivity index (χ4v) is 3.29. The van der Waals surface area contributed by atoms with Crippen molar-refractivity contribution in [1.82, 2.24) is 4.98 Å². The van der Waals surface area contributed by atoms with Gasteiger partial charge in [-0.2, -0.15) is 5.10 Å². The van der Waals surface area contributed by atoms with Crippen LogP contribution in [0.15, 0.2) is 84.0 Å². The smallest absolute Gasteiger partial charge is 0.204 e. The molecule has 0 saturated carbocycles. The van der Waals surface area contributed by atoms with E-state index >= 15 is 0 Å². The number of rotatable bonds is 4. The lowest BCUT2D eigenvalue weighted by Gasteiger charge is -2.01. The third kappa shape index (κ3) is 3.19. The van der Waals surface area contributed by atoms with Gasteiger partial charge in [0.15, 0.2) is 0 Å². The van der Waals surface area contributed by atoms with Crippen molar-refractivity contribution >= 4 is 32.9 Å². The van der Waals surface area contributed by atoms with Gasteiger partial charge in [0, 0.05) is 0 Å². The van der Waals surface area contributed by atoms with Crippen molar-refractivity contribution in [2.45, 2.75) is 0 Å². The van der Waals surface area contributed by atoms with Crippen LogP contribution in [-0.4, -0.2) is 11.2 Å². The van der Waals surface area contributed by atoms with Crippen LogP contribution in [-0.2, 0) is 0 Å². The first-order chi connectivity index (χ1) is 11.9. The second-order valence-electron chi connectivity index (χ2n) is 5.34. The predicted molar refractivity (Wildman–Crippen MR) is 103 cm³/mol. The molecule has 3 aromatic carbocycles. The van der Waals surface area contributed by atoms with Crippen LogP contribution in [0.2, 0.25) is 0 Å². The van der Waals surface area contributed by atoms with Crippen LogP contribution < -0.4 is 5.43 Å². The third-order valence-electron chi connectivity index (χ3n) is 3.69. The molecule has 0 aliphatic carbocycles. The highest BCUT2D eigenvalue weighted by atomic mass is 32.1. The molecule has 0 aliphatic rings. The maximum absolute atomic E-state index is 4.49. The normalized spacial score (nSPS) is 11.2. The van der Waals surface area contributed by atoms with Gasteiger partial charge in [0.1, 0.15) is 0 Å². The molecule has 0 radical (unpaired) electrons. The first kappa shape index (κ1) is 14.6. The van der Waals surface area contributed by atoms with Gasteiger partial charge in [0.25, 0.3) is 0 Å². The molecular formula is C20H15N3S. The first-order valence-corrected chi connectivity index (χ1v) is 8.50. The standard InChI is InChI=1S/C20H15N3S/c1-2-6-16(7-3-1)17-12-10-15(11-13-17)14-21-23-20-22-18-8-4-5-9-19(18)24-20/h1-14H,(H,22,23)/b21-14+. The van der Waals surface area contributed by atoms with Crippen LogP contribution in [0.5, 0.6) is 0 Å². The summed E-state index contributed by atoms with van der Waals surface area (Å²) in [7, 11) is 0. The molecule has 116 valence electrons. The summed E-state index contributed by atoms with van der Waals surface area (Å²) in [5, 5.41) is 5.08. The van der Waals surface area contributed by atoms with E-state index in [0.29, 0.717) is 0 Å². The van der Waals surface area contributed by atoms with Crippen molar-refractivity contribution in [2.24, 2.45) is 5.10 Å². The highest BCUT2D eigenvalue weighted by Crippen LogP contribution is 2.25. The van der Waals surface area contributed by atoms with E-state index in [1.165, 1.54) is 11.1 Å². The lowest BCUT2D eigenvalue weighted by molar-refractivity contribution is 1.31. The van der Waals surface area contributed by atoms with Gasteiger partial charge in [-0.1, -0.05) is 78.1 Å². The van der Waals surface area contributed by atoms with Crippen molar-refractivity contribution in [1.29, 1.82) is 0 Å². The molecule has 0 amide bonds. The Morgan fingerprint density at radius 1 is 0.792 bits per heavy atom. The van der Waals surface area contributed by atoms with Crippen molar-refractivity contribution in [2.75, 3.05) is 5.43 Å². The monoisotopic (exact) mass is 329 g/mol. The second-order valence-corrected chi connectivity index (χ2v) is 6.38. The van der Waals surface area contributed by atoms with Crippen LogP contribution in [0.1, 0.15) is 5.56 Å². The number of aromatic nitrogens is 1. The average molecular weight is 329 g/mol. The second kappa shape index (κ2) is 6.64. The number of benzene rings is 3. The molecule has 0 bridgehead atoms. The van der Waals surface area contributed by atoms with Gasteiger partial charge in [0.2, 0.25) is 5.13 Å². The molecule has 3 nitrogen and oxygen atoms in total. The van der Waals surface area contributed by atoms with Crippen molar-refractivity contribution in [3.05, 3.63) is 84.4 Å². The van der Waals surface area contributed by atoms with E-state index in [4.69, 9.17) is 0 Å². The maximum Gasteiger partial charge on any atom is 0.204 e. The van der Waals surface area contributed by atoms with E-state index in [1.54, 1.807) is 17.6 Å². The fraction of sp³-hybridized carbons (Fsp3) is 0. The number of hydrazone groups is 1. The topological polar surface area (TPSA) is 37.3 Å². The van der Waals surface area contributed by atoms with E-state index < -0.39 is 0 Å². The number of hydrogen-bond donors (Lipinski definition) is 1. The minimum Gasteiger partial charge on any atom is -0.253 e. The maximum atomic E-state index is 4.49. The van der Waals surface area contributed by atoms with Crippen molar-refractivity contribution < 1.29 is 0 Å². The number of thiazole rings is 1. The molecule has 0 spiro atoms. The van der Waals surface area contributed by atoms with Crippen LogP contribution in [0.3, 0.4) is 0 Å². The third-order valence-corrected chi connectivity index (χ3v) is 4.63. The number of para-hydroxylation sites is 1. The van der Waals surface area contributed by atoms with Crippen molar-refractivity contribution in [3.63, 3.8) is 0 Å². The molecule has 0 saturated heterocycles. The van der Waals surface area contributed by atoms with E-state index in [-0.39, 0.29) is 0 Å². The molecule has 0 aliphatic heterocycles. The Morgan fingerprint density at radius 3 is 2.29 bits per heavy atom. The highest BCUT2D eigenvalue weighted by molar-refractivity contribution is 7.22. The lowest BCUT2D eigenvalue weighted by atomic mass is 10.0. The Balaban J connectivity index is 1.46. The van der Waals surface area contributed by atoms with Gasteiger partial charge in [-0.3, -0.25) is 5.43 Å². The minimum atomic E-state index is 0.799. The average Bonchev–Trinajstić information content (AvgIpc) is 3.06. The van der Waals surface area contributed by atoms with Crippen LogP contribution in [0.25, 0.3) is 21.3 Å². The lowest BCUT2D eigenvalue weighted by Crippen LogP contribution is -1.89. The minimum absolute atomic E-state index is 0.799. The fourth-order valence-electron chi connectivity index (χ4n) is 2.47. The number of fused-ring (bicyclic) bond motifs is 1. The molecule has 1 heterocycles. The van der Waals surface area contributed by atoms with Gasteiger partial charge >= 0.3 is 0 Å². The van der Waals surface area contributed by atoms with Gasteiger partial charge < -0.3 is 0 Å². The first-order valence-electron chi connectivity index (χ1n) is 7.69. The summed E-state index contributed by atoms with van der Waals surface area (Å²) in [6.07, 6.45) is 1.81. The molecule has 4 aromatic rings. The summed E-state index contributed by atoms with van der Waals surface area (Å²) in [4.78, 5) is 4.49. The zero-order valence-electron chi connectivity index (χ0n) is 12.9.